The topological polar surface area (TPSA) is 85.5 Å². The summed E-state index contributed by atoms with van der Waals surface area (Å²) in [4.78, 5) is 37.9. The molecule has 12 heteroatoms. The molecule has 1 amide bonds. The van der Waals surface area contributed by atoms with Crippen molar-refractivity contribution < 1.29 is 18.3 Å². The molecule has 2 aromatic carbocycles. The van der Waals surface area contributed by atoms with Crippen LogP contribution in [0.3, 0.4) is 0 Å². The van der Waals surface area contributed by atoms with Crippen LogP contribution >= 0.6 is 15.9 Å². The lowest BCUT2D eigenvalue weighted by molar-refractivity contribution is -0.131. The smallest absolute Gasteiger partial charge is 0.387 e. The Morgan fingerprint density at radius 3 is 2.52 bits per heavy atom. The highest BCUT2D eigenvalue weighted by Gasteiger charge is 2.26. The number of ether oxygens (including phenoxy) is 1. The van der Waals surface area contributed by atoms with Gasteiger partial charge in [0.2, 0.25) is 11.9 Å². The minimum Gasteiger partial charge on any atom is -0.434 e. The molecule has 1 aliphatic heterocycles. The second-order valence-corrected chi connectivity index (χ2v) is 10.4. The fraction of sp³-hybridized carbons (Fsp3) is 0.357. The molecule has 1 fully saturated rings. The minimum absolute atomic E-state index is 0.0618. The summed E-state index contributed by atoms with van der Waals surface area (Å²) in [6, 6.07) is 10.6. The standard InChI is InChI=1S/C28H29BrF2N6O3/c1-17-15-35(8-9-36(17)18(2)38)28-32-13-22(14-33-28)20-5-6-23-24(11-20)37(34(3)26(23)39)16-21-10-19(12-29)4-7-25(21)40-27(30)31/h4-7,10-11,13-14,17,27H,8-9,12,15-16H2,1-3H3/t17-/m1/s1. The van der Waals surface area contributed by atoms with Crippen LogP contribution in [0.4, 0.5) is 14.7 Å². The van der Waals surface area contributed by atoms with E-state index in [0.29, 0.717) is 47.4 Å². The van der Waals surface area contributed by atoms with Crippen LogP contribution in [0.1, 0.15) is 25.0 Å². The Morgan fingerprint density at radius 1 is 1.12 bits per heavy atom. The van der Waals surface area contributed by atoms with E-state index < -0.39 is 6.61 Å². The van der Waals surface area contributed by atoms with Crippen LogP contribution in [0, 0.1) is 0 Å². The van der Waals surface area contributed by atoms with Gasteiger partial charge in [0.15, 0.2) is 0 Å². The summed E-state index contributed by atoms with van der Waals surface area (Å²) >= 11 is 3.41. The molecule has 2 aromatic heterocycles. The number of hydrogen-bond acceptors (Lipinski definition) is 6. The van der Waals surface area contributed by atoms with Gasteiger partial charge in [0.1, 0.15) is 5.75 Å². The third-order valence-electron chi connectivity index (χ3n) is 7.26. The van der Waals surface area contributed by atoms with Gasteiger partial charge in [-0.05, 0) is 42.3 Å². The summed E-state index contributed by atoms with van der Waals surface area (Å²) in [6.07, 6.45) is 3.48. The Labute approximate surface area is 238 Å². The normalized spacial score (nSPS) is 15.7. The zero-order valence-corrected chi connectivity index (χ0v) is 23.9. The van der Waals surface area contributed by atoms with Crippen LogP contribution in [-0.4, -0.2) is 62.4 Å². The molecule has 1 saturated heterocycles. The third kappa shape index (κ3) is 5.45. The number of hydrogen-bond donors (Lipinski definition) is 0. The van der Waals surface area contributed by atoms with Crippen LogP contribution < -0.4 is 15.2 Å². The van der Waals surface area contributed by atoms with Crippen LogP contribution in [0.5, 0.6) is 5.75 Å². The van der Waals surface area contributed by atoms with Gasteiger partial charge in [-0.3, -0.25) is 19.0 Å². The number of piperazine rings is 1. The van der Waals surface area contributed by atoms with Crippen LogP contribution in [0.15, 0.2) is 53.6 Å². The van der Waals surface area contributed by atoms with Gasteiger partial charge in [0, 0.05) is 68.5 Å². The van der Waals surface area contributed by atoms with E-state index >= 15 is 0 Å². The summed E-state index contributed by atoms with van der Waals surface area (Å²) in [6.45, 7) is 2.70. The maximum atomic E-state index is 13.1. The van der Waals surface area contributed by atoms with Gasteiger partial charge >= 0.3 is 6.61 Å². The highest BCUT2D eigenvalue weighted by atomic mass is 79.9. The Morgan fingerprint density at radius 2 is 1.88 bits per heavy atom. The van der Waals surface area contributed by atoms with E-state index in [0.717, 1.165) is 16.7 Å². The maximum absolute atomic E-state index is 13.1. The third-order valence-corrected chi connectivity index (χ3v) is 7.91. The molecule has 0 spiro atoms. The van der Waals surface area contributed by atoms with Crippen molar-refractivity contribution in [3.63, 3.8) is 0 Å². The Hall–Kier alpha value is -3.80. The highest BCUT2D eigenvalue weighted by molar-refractivity contribution is 9.08. The molecule has 40 heavy (non-hydrogen) atoms. The van der Waals surface area contributed by atoms with Crippen LogP contribution in [0.25, 0.3) is 22.0 Å². The van der Waals surface area contributed by atoms with Gasteiger partial charge in [-0.25, -0.2) is 9.97 Å². The number of rotatable bonds is 7. The number of amides is 1. The monoisotopic (exact) mass is 614 g/mol. The van der Waals surface area contributed by atoms with E-state index in [-0.39, 0.29) is 29.8 Å². The van der Waals surface area contributed by atoms with Gasteiger partial charge in [0.05, 0.1) is 17.4 Å². The zero-order chi connectivity index (χ0) is 28.6. The molecule has 9 nitrogen and oxygen atoms in total. The van der Waals surface area contributed by atoms with Gasteiger partial charge in [-0.2, -0.15) is 8.78 Å². The van der Waals surface area contributed by atoms with Gasteiger partial charge in [0.25, 0.3) is 5.56 Å². The maximum Gasteiger partial charge on any atom is 0.387 e. The van der Waals surface area contributed by atoms with Crippen molar-refractivity contribution in [2.24, 2.45) is 7.05 Å². The minimum atomic E-state index is -2.96. The predicted octanol–water partition coefficient (Wildman–Crippen LogP) is 4.40. The first-order chi connectivity index (χ1) is 19.2. The molecule has 0 N–H and O–H groups in total. The lowest BCUT2D eigenvalue weighted by atomic mass is 10.1. The predicted molar refractivity (Wildman–Crippen MR) is 152 cm³/mol. The molecule has 1 atom stereocenters. The van der Waals surface area contributed by atoms with Crippen molar-refractivity contribution >= 4 is 38.7 Å². The van der Waals surface area contributed by atoms with Crippen molar-refractivity contribution in [3.05, 3.63) is 70.3 Å². The van der Waals surface area contributed by atoms with E-state index in [1.165, 1.54) is 10.7 Å². The molecular weight excluding hydrogens is 586 g/mol. The van der Waals surface area contributed by atoms with E-state index in [4.69, 9.17) is 4.74 Å². The molecule has 4 aromatic rings. The molecule has 0 unspecified atom stereocenters. The first-order valence-electron chi connectivity index (χ1n) is 12.8. The number of alkyl halides is 3. The lowest BCUT2D eigenvalue weighted by Crippen LogP contribution is -2.53. The molecule has 5 rings (SSSR count). The molecule has 0 radical (unpaired) electrons. The number of halogens is 3. The number of aromatic nitrogens is 4. The Kier molecular flexibility index (Phi) is 7.88. The van der Waals surface area contributed by atoms with Crippen molar-refractivity contribution in [1.82, 2.24) is 24.2 Å². The van der Waals surface area contributed by atoms with Crippen molar-refractivity contribution in [2.45, 2.75) is 38.4 Å². The molecule has 0 bridgehead atoms. The fourth-order valence-corrected chi connectivity index (χ4v) is 5.54. The van der Waals surface area contributed by atoms with Crippen molar-refractivity contribution in [2.75, 3.05) is 24.5 Å². The fourth-order valence-electron chi connectivity index (χ4n) is 5.19. The summed E-state index contributed by atoms with van der Waals surface area (Å²) in [5.74, 6) is 0.717. The van der Waals surface area contributed by atoms with E-state index in [9.17, 15) is 18.4 Å². The number of anilines is 1. The molecule has 3 heterocycles. The van der Waals surface area contributed by atoms with Crippen LogP contribution in [-0.2, 0) is 23.7 Å². The average Bonchev–Trinajstić information content (AvgIpc) is 3.17. The first-order valence-corrected chi connectivity index (χ1v) is 13.9. The van der Waals surface area contributed by atoms with Crippen molar-refractivity contribution in [3.8, 4) is 16.9 Å². The number of carbonyl (C=O) groups excluding carboxylic acids is 1. The van der Waals surface area contributed by atoms with E-state index in [2.05, 4.69) is 30.8 Å². The average molecular weight is 615 g/mol. The molecule has 0 aliphatic carbocycles. The number of carbonyl (C=O) groups is 1. The summed E-state index contributed by atoms with van der Waals surface area (Å²) in [5, 5.41) is 1.06. The van der Waals surface area contributed by atoms with Gasteiger partial charge in [-0.15, -0.1) is 0 Å². The summed E-state index contributed by atoms with van der Waals surface area (Å²) < 4.78 is 34.2. The summed E-state index contributed by atoms with van der Waals surface area (Å²) in [5.41, 5.74) is 3.46. The first kappa shape index (κ1) is 27.8. The van der Waals surface area contributed by atoms with Gasteiger partial charge < -0.3 is 14.5 Å². The van der Waals surface area contributed by atoms with Gasteiger partial charge in [-0.1, -0.05) is 28.1 Å². The molecule has 1 aliphatic rings. The highest BCUT2D eigenvalue weighted by Crippen LogP contribution is 2.28. The zero-order valence-electron chi connectivity index (χ0n) is 22.4. The molecule has 0 saturated carbocycles. The summed E-state index contributed by atoms with van der Waals surface area (Å²) in [7, 11) is 1.65. The Bertz CT molecular complexity index is 1600. The van der Waals surface area contributed by atoms with Crippen molar-refractivity contribution in [1.29, 1.82) is 0 Å². The Balaban J connectivity index is 1.46. The SMILES string of the molecule is CC(=O)N1CCN(c2ncc(-c3ccc4c(=O)n(C)n(Cc5cc(CBr)ccc5OC(F)F)c4c3)cn2)C[C@H]1C. The largest absolute Gasteiger partial charge is 0.434 e. The van der Waals surface area contributed by atoms with E-state index in [1.807, 2.05) is 24.0 Å². The lowest BCUT2D eigenvalue weighted by Gasteiger charge is -2.39. The van der Waals surface area contributed by atoms with Crippen LogP contribution in [0.2, 0.25) is 0 Å². The molecule has 210 valence electrons. The number of nitrogens with zero attached hydrogens (tertiary/aromatic N) is 6. The second-order valence-electron chi connectivity index (χ2n) is 9.85. The van der Waals surface area contributed by atoms with E-state index in [1.54, 1.807) is 49.2 Å². The number of benzene rings is 2. The quantitative estimate of drug-likeness (QED) is 0.287. The number of fused-ring (bicyclic) bond motifs is 1. The molecular formula is C28H29BrF2N6O3. The second kappa shape index (κ2) is 11.4.